The van der Waals surface area contributed by atoms with Crippen LogP contribution in [-0.2, 0) is 18.3 Å². The predicted octanol–water partition coefficient (Wildman–Crippen LogP) is 1.73. The fraction of sp³-hybridized carbons (Fsp3) is 0.353. The molecule has 1 aliphatic rings. The summed E-state index contributed by atoms with van der Waals surface area (Å²) >= 11 is 0. The standard InChI is InChI=1S/C17H19N5O2/c1-22-9-12(16(21-22)11-6-7-24-10-11)17(23)18-8-15-19-13-4-2-3-5-14(13)20-15/h2-5,9,11H,6-8,10H2,1H3,(H,18,23)(H,19,20)/t11-/m1/s1. The van der Waals surface area contributed by atoms with E-state index in [1.807, 2.05) is 31.3 Å². The van der Waals surface area contributed by atoms with Crippen molar-refractivity contribution in [1.82, 2.24) is 25.1 Å². The van der Waals surface area contributed by atoms with Gasteiger partial charge >= 0.3 is 0 Å². The smallest absolute Gasteiger partial charge is 0.255 e. The number of amides is 1. The molecule has 1 amide bonds. The Balaban J connectivity index is 1.50. The van der Waals surface area contributed by atoms with E-state index in [0.717, 1.165) is 35.6 Å². The van der Waals surface area contributed by atoms with Crippen LogP contribution in [0.15, 0.2) is 30.5 Å². The van der Waals surface area contributed by atoms with E-state index in [0.29, 0.717) is 18.7 Å². The van der Waals surface area contributed by atoms with Crippen molar-refractivity contribution >= 4 is 16.9 Å². The van der Waals surface area contributed by atoms with Crippen molar-refractivity contribution in [2.24, 2.45) is 7.05 Å². The quantitative estimate of drug-likeness (QED) is 0.765. The van der Waals surface area contributed by atoms with Gasteiger partial charge in [0.25, 0.3) is 5.91 Å². The zero-order valence-electron chi connectivity index (χ0n) is 13.5. The van der Waals surface area contributed by atoms with E-state index in [9.17, 15) is 4.79 Å². The van der Waals surface area contributed by atoms with Gasteiger partial charge in [-0.2, -0.15) is 5.10 Å². The van der Waals surface area contributed by atoms with E-state index in [2.05, 4.69) is 20.4 Å². The lowest BCUT2D eigenvalue weighted by Gasteiger charge is -2.07. The maximum atomic E-state index is 12.6. The summed E-state index contributed by atoms with van der Waals surface area (Å²) in [5.41, 5.74) is 3.29. The molecule has 2 N–H and O–H groups in total. The first-order chi connectivity index (χ1) is 11.7. The van der Waals surface area contributed by atoms with Crippen LogP contribution in [0.2, 0.25) is 0 Å². The van der Waals surface area contributed by atoms with E-state index in [-0.39, 0.29) is 11.8 Å². The van der Waals surface area contributed by atoms with Gasteiger partial charge in [-0.15, -0.1) is 0 Å². The van der Waals surface area contributed by atoms with Crippen molar-refractivity contribution in [3.63, 3.8) is 0 Å². The second-order valence-corrected chi connectivity index (χ2v) is 6.05. The van der Waals surface area contributed by atoms with E-state index in [1.54, 1.807) is 10.9 Å². The molecule has 124 valence electrons. The lowest BCUT2D eigenvalue weighted by atomic mass is 10.0. The fourth-order valence-electron chi connectivity index (χ4n) is 3.08. The minimum Gasteiger partial charge on any atom is -0.381 e. The molecule has 0 unspecified atom stereocenters. The van der Waals surface area contributed by atoms with E-state index in [4.69, 9.17) is 4.74 Å². The Bertz CT molecular complexity index is 843. The predicted molar refractivity (Wildman–Crippen MR) is 88.6 cm³/mol. The van der Waals surface area contributed by atoms with Crippen LogP contribution in [0.25, 0.3) is 11.0 Å². The van der Waals surface area contributed by atoms with Crippen molar-refractivity contribution in [2.45, 2.75) is 18.9 Å². The van der Waals surface area contributed by atoms with Gasteiger partial charge in [0.05, 0.1) is 35.4 Å². The normalized spacial score (nSPS) is 17.5. The summed E-state index contributed by atoms with van der Waals surface area (Å²) in [6, 6.07) is 7.80. The maximum Gasteiger partial charge on any atom is 0.255 e. The van der Waals surface area contributed by atoms with Gasteiger partial charge in [0.1, 0.15) is 5.82 Å². The van der Waals surface area contributed by atoms with Crippen molar-refractivity contribution in [3.8, 4) is 0 Å². The summed E-state index contributed by atoms with van der Waals surface area (Å²) in [4.78, 5) is 20.3. The lowest BCUT2D eigenvalue weighted by molar-refractivity contribution is 0.0948. The number of para-hydroxylation sites is 2. The Morgan fingerprint density at radius 1 is 1.46 bits per heavy atom. The number of H-pyrrole nitrogens is 1. The lowest BCUT2D eigenvalue weighted by Crippen LogP contribution is -2.24. The molecule has 3 aromatic rings. The maximum absolute atomic E-state index is 12.6. The Morgan fingerprint density at radius 2 is 2.33 bits per heavy atom. The number of fused-ring (bicyclic) bond motifs is 1. The Kier molecular flexibility index (Phi) is 3.78. The number of hydrogen-bond acceptors (Lipinski definition) is 4. The molecule has 1 aliphatic heterocycles. The van der Waals surface area contributed by atoms with Crippen molar-refractivity contribution in [2.75, 3.05) is 13.2 Å². The van der Waals surface area contributed by atoms with Crippen LogP contribution in [0.5, 0.6) is 0 Å². The summed E-state index contributed by atoms with van der Waals surface area (Å²) in [7, 11) is 1.83. The van der Waals surface area contributed by atoms with E-state index >= 15 is 0 Å². The summed E-state index contributed by atoms with van der Waals surface area (Å²) < 4.78 is 7.11. The molecular weight excluding hydrogens is 306 g/mol. The third-order valence-electron chi connectivity index (χ3n) is 4.27. The highest BCUT2D eigenvalue weighted by Crippen LogP contribution is 2.26. The van der Waals surface area contributed by atoms with Gasteiger partial charge in [-0.1, -0.05) is 12.1 Å². The number of aromatic nitrogens is 4. The molecule has 1 atom stereocenters. The average molecular weight is 325 g/mol. The number of imidazole rings is 1. The summed E-state index contributed by atoms with van der Waals surface area (Å²) in [5.74, 6) is 0.794. The van der Waals surface area contributed by atoms with Crippen LogP contribution in [0.4, 0.5) is 0 Å². The molecule has 0 spiro atoms. The molecule has 1 saturated heterocycles. The summed E-state index contributed by atoms with van der Waals surface area (Å²) in [5, 5.41) is 7.38. The highest BCUT2D eigenvalue weighted by Gasteiger charge is 2.26. The first-order valence-electron chi connectivity index (χ1n) is 8.04. The number of carbonyl (C=O) groups is 1. The Labute approximate surface area is 139 Å². The zero-order chi connectivity index (χ0) is 16.5. The highest BCUT2D eigenvalue weighted by molar-refractivity contribution is 5.95. The largest absolute Gasteiger partial charge is 0.381 e. The van der Waals surface area contributed by atoms with E-state index in [1.165, 1.54) is 0 Å². The second kappa shape index (κ2) is 6.09. The van der Waals surface area contributed by atoms with Crippen molar-refractivity contribution in [3.05, 3.63) is 47.5 Å². The van der Waals surface area contributed by atoms with Crippen LogP contribution in [0.3, 0.4) is 0 Å². The number of aromatic amines is 1. The first-order valence-corrected chi connectivity index (χ1v) is 8.04. The van der Waals surface area contributed by atoms with Gasteiger partial charge in [-0.25, -0.2) is 4.98 Å². The number of ether oxygens (including phenoxy) is 1. The number of rotatable bonds is 4. The number of hydrogen-bond donors (Lipinski definition) is 2. The first kappa shape index (κ1) is 14.9. The van der Waals surface area contributed by atoms with Gasteiger partial charge in [-0.3, -0.25) is 9.48 Å². The molecule has 0 saturated carbocycles. The number of nitrogens with one attached hydrogen (secondary N) is 2. The molecule has 0 aliphatic carbocycles. The number of nitrogens with zero attached hydrogens (tertiary/aromatic N) is 3. The summed E-state index contributed by atoms with van der Waals surface area (Å²) in [6.45, 7) is 1.70. The van der Waals surface area contributed by atoms with Gasteiger partial charge in [0.15, 0.2) is 0 Å². The molecule has 0 radical (unpaired) electrons. The van der Waals surface area contributed by atoms with Gasteiger partial charge in [-0.05, 0) is 18.6 Å². The van der Waals surface area contributed by atoms with Gasteiger partial charge < -0.3 is 15.0 Å². The molecule has 1 aromatic carbocycles. The monoisotopic (exact) mass is 325 g/mol. The molecule has 24 heavy (non-hydrogen) atoms. The number of carbonyl (C=O) groups excluding carboxylic acids is 1. The molecule has 7 nitrogen and oxygen atoms in total. The fourth-order valence-corrected chi connectivity index (χ4v) is 3.08. The van der Waals surface area contributed by atoms with Crippen LogP contribution in [0.1, 0.15) is 34.2 Å². The minimum atomic E-state index is -0.134. The van der Waals surface area contributed by atoms with Crippen molar-refractivity contribution < 1.29 is 9.53 Å². The molecule has 1 fully saturated rings. The topological polar surface area (TPSA) is 84.8 Å². The number of benzene rings is 1. The molecule has 4 rings (SSSR count). The third-order valence-corrected chi connectivity index (χ3v) is 4.27. The molecule has 7 heteroatoms. The van der Waals surface area contributed by atoms with Crippen molar-refractivity contribution in [1.29, 1.82) is 0 Å². The molecule has 3 heterocycles. The zero-order valence-corrected chi connectivity index (χ0v) is 13.5. The summed E-state index contributed by atoms with van der Waals surface area (Å²) in [6.07, 6.45) is 2.67. The van der Waals surface area contributed by atoms with Crippen LogP contribution in [-0.4, -0.2) is 38.9 Å². The average Bonchev–Trinajstić information content (AvgIpc) is 3.30. The highest BCUT2D eigenvalue weighted by atomic mass is 16.5. The van der Waals surface area contributed by atoms with E-state index < -0.39 is 0 Å². The van der Waals surface area contributed by atoms with Crippen LogP contribution >= 0.6 is 0 Å². The van der Waals surface area contributed by atoms with Crippen LogP contribution < -0.4 is 5.32 Å². The third kappa shape index (κ3) is 2.78. The SMILES string of the molecule is Cn1cc(C(=O)NCc2nc3ccccc3[nH]2)c([C@@H]2CCOC2)n1. The Morgan fingerprint density at radius 3 is 3.12 bits per heavy atom. The molecule has 0 bridgehead atoms. The molecular formula is C17H19N5O2. The van der Waals surface area contributed by atoms with Gasteiger partial charge in [0.2, 0.25) is 0 Å². The number of aryl methyl sites for hydroxylation is 1. The minimum absolute atomic E-state index is 0.134. The van der Waals surface area contributed by atoms with Crippen LogP contribution in [0, 0.1) is 0 Å². The molecule has 2 aromatic heterocycles. The van der Waals surface area contributed by atoms with Gasteiger partial charge in [0, 0.05) is 25.8 Å². The second-order valence-electron chi connectivity index (χ2n) is 6.05. The Hall–Kier alpha value is -2.67.